The van der Waals surface area contributed by atoms with Crippen molar-refractivity contribution in [1.82, 2.24) is 4.90 Å². The van der Waals surface area contributed by atoms with Crippen molar-refractivity contribution in [2.24, 2.45) is 0 Å². The molecule has 0 saturated carbocycles. The van der Waals surface area contributed by atoms with Gasteiger partial charge in [0.05, 0.1) is 6.61 Å². The van der Waals surface area contributed by atoms with Gasteiger partial charge in [-0.2, -0.15) is 0 Å². The molecule has 2 rings (SSSR count). The van der Waals surface area contributed by atoms with E-state index in [0.29, 0.717) is 5.57 Å². The van der Waals surface area contributed by atoms with E-state index in [9.17, 15) is 4.79 Å². The summed E-state index contributed by atoms with van der Waals surface area (Å²) in [5, 5.41) is 0. The number of carbonyl (C=O) groups excluding carboxylic acids is 1. The van der Waals surface area contributed by atoms with E-state index >= 15 is 0 Å². The Morgan fingerprint density at radius 1 is 1.03 bits per heavy atom. The second-order valence-corrected chi connectivity index (χ2v) is 8.39. The van der Waals surface area contributed by atoms with E-state index in [1.165, 1.54) is 25.7 Å². The van der Waals surface area contributed by atoms with Crippen LogP contribution >= 0.6 is 0 Å². The van der Waals surface area contributed by atoms with Gasteiger partial charge >= 0.3 is 5.97 Å². The van der Waals surface area contributed by atoms with Crippen LogP contribution in [0, 0.1) is 0 Å². The van der Waals surface area contributed by atoms with Crippen LogP contribution in [0.15, 0.2) is 42.0 Å². The molecule has 0 radical (unpaired) electrons. The van der Waals surface area contributed by atoms with E-state index in [1.807, 2.05) is 31.2 Å². The first-order valence-electron chi connectivity index (χ1n) is 11.5. The summed E-state index contributed by atoms with van der Waals surface area (Å²) >= 11 is 0. The van der Waals surface area contributed by atoms with Crippen molar-refractivity contribution in [1.29, 1.82) is 0 Å². The number of benzene rings is 1. The first-order valence-corrected chi connectivity index (χ1v) is 11.5. The van der Waals surface area contributed by atoms with Crippen LogP contribution in [0.4, 0.5) is 0 Å². The number of carbonyl (C=O) groups is 1. The van der Waals surface area contributed by atoms with Crippen molar-refractivity contribution in [3.8, 4) is 5.75 Å². The molecule has 1 saturated heterocycles. The smallest absolute Gasteiger partial charge is 0.333 e. The van der Waals surface area contributed by atoms with Crippen molar-refractivity contribution in [2.75, 3.05) is 26.7 Å². The molecule has 0 spiro atoms. The Labute approximate surface area is 182 Å². The number of allylic oxidation sites excluding steroid dienone is 3. The Hall–Kier alpha value is -2.07. The Kier molecular flexibility index (Phi) is 10.7. The monoisotopic (exact) mass is 413 g/mol. The highest BCUT2D eigenvalue weighted by atomic mass is 16.5. The number of esters is 1. The number of nitrogens with zero attached hydrogens (tertiary/aromatic N) is 1. The highest BCUT2D eigenvalue weighted by molar-refractivity contribution is 5.88. The zero-order valence-corrected chi connectivity index (χ0v) is 19.3. The summed E-state index contributed by atoms with van der Waals surface area (Å²) in [7, 11) is 2.10. The highest BCUT2D eigenvalue weighted by Gasteiger charge is 2.20. The summed E-state index contributed by atoms with van der Waals surface area (Å²) in [6.07, 6.45) is 11.9. The van der Waals surface area contributed by atoms with E-state index in [4.69, 9.17) is 9.47 Å². The third kappa shape index (κ3) is 8.74. The van der Waals surface area contributed by atoms with Crippen LogP contribution in [0.1, 0.15) is 71.3 Å². The minimum Gasteiger partial charge on any atom is -0.494 e. The lowest BCUT2D eigenvalue weighted by atomic mass is 10.1. The predicted octanol–water partition coefficient (Wildman–Crippen LogP) is 6.02. The molecule has 0 atom stereocenters. The van der Waals surface area contributed by atoms with Crippen LogP contribution in [-0.2, 0) is 9.53 Å². The van der Waals surface area contributed by atoms with Gasteiger partial charge in [0.1, 0.15) is 11.9 Å². The molecule has 166 valence electrons. The fourth-order valence-electron chi connectivity index (χ4n) is 3.47. The second-order valence-electron chi connectivity index (χ2n) is 8.39. The van der Waals surface area contributed by atoms with Crippen molar-refractivity contribution < 1.29 is 14.3 Å². The largest absolute Gasteiger partial charge is 0.494 e. The normalized spacial score (nSPS) is 16.5. The molecule has 1 heterocycles. The Morgan fingerprint density at radius 3 is 2.37 bits per heavy atom. The summed E-state index contributed by atoms with van der Waals surface area (Å²) in [5.41, 5.74) is 2.86. The minimum absolute atomic E-state index is 0.0429. The number of likely N-dealkylation sites (tertiary alicyclic amines) is 1. The Bertz CT molecular complexity index is 697. The van der Waals surface area contributed by atoms with E-state index in [2.05, 4.69) is 37.9 Å². The second kappa shape index (κ2) is 13.3. The molecule has 4 heteroatoms. The first kappa shape index (κ1) is 24.2. The fraction of sp³-hybridized carbons (Fsp3) is 0.577. The zero-order valence-electron chi connectivity index (χ0n) is 19.3. The quantitative estimate of drug-likeness (QED) is 0.192. The van der Waals surface area contributed by atoms with Crippen LogP contribution in [0.25, 0.3) is 5.57 Å². The summed E-state index contributed by atoms with van der Waals surface area (Å²) in [5.74, 6) is 0.701. The molecule has 1 aliphatic heterocycles. The van der Waals surface area contributed by atoms with E-state index in [0.717, 1.165) is 55.8 Å². The Morgan fingerprint density at radius 2 is 1.70 bits per heavy atom. The fourth-order valence-corrected chi connectivity index (χ4v) is 3.47. The van der Waals surface area contributed by atoms with Crippen LogP contribution in [0.3, 0.4) is 0 Å². The van der Waals surface area contributed by atoms with Crippen molar-refractivity contribution in [3.05, 3.63) is 47.6 Å². The number of unbranched alkanes of at least 4 members (excludes halogenated alkanes) is 4. The average Bonchev–Trinajstić information content (AvgIpc) is 2.76. The molecule has 0 aliphatic carbocycles. The topological polar surface area (TPSA) is 38.8 Å². The SMILES string of the molecule is CCCCCCCOc1ccc(/C(C)=C/C=C(\C)C(=O)OC2CCN(C)CC2)cc1. The number of ether oxygens (including phenoxy) is 2. The van der Waals surface area contributed by atoms with Gasteiger partial charge in [0.15, 0.2) is 0 Å². The number of piperidine rings is 1. The molecule has 4 nitrogen and oxygen atoms in total. The molecule has 1 aromatic rings. The molecule has 1 aliphatic rings. The highest BCUT2D eigenvalue weighted by Crippen LogP contribution is 2.20. The van der Waals surface area contributed by atoms with Gasteiger partial charge in [0.2, 0.25) is 0 Å². The lowest BCUT2D eigenvalue weighted by molar-refractivity contribution is -0.146. The summed E-state index contributed by atoms with van der Waals surface area (Å²) in [4.78, 5) is 14.6. The number of hydrogen-bond donors (Lipinski definition) is 0. The van der Waals surface area contributed by atoms with Crippen molar-refractivity contribution in [3.63, 3.8) is 0 Å². The minimum atomic E-state index is -0.212. The van der Waals surface area contributed by atoms with E-state index < -0.39 is 0 Å². The number of hydrogen-bond acceptors (Lipinski definition) is 4. The third-order valence-electron chi connectivity index (χ3n) is 5.67. The molecule has 1 fully saturated rings. The van der Waals surface area contributed by atoms with Gasteiger partial charge in [-0.3, -0.25) is 0 Å². The first-order chi connectivity index (χ1) is 14.5. The molecule has 0 bridgehead atoms. The summed E-state index contributed by atoms with van der Waals surface area (Å²) in [6, 6.07) is 8.17. The van der Waals surface area contributed by atoms with Gasteiger partial charge in [0.25, 0.3) is 0 Å². The van der Waals surface area contributed by atoms with E-state index in [-0.39, 0.29) is 12.1 Å². The third-order valence-corrected chi connectivity index (χ3v) is 5.67. The molecule has 0 N–H and O–H groups in total. The lowest BCUT2D eigenvalue weighted by Gasteiger charge is -2.28. The van der Waals surface area contributed by atoms with Crippen LogP contribution in [0.2, 0.25) is 0 Å². The van der Waals surface area contributed by atoms with Crippen molar-refractivity contribution >= 4 is 11.5 Å². The maximum Gasteiger partial charge on any atom is 0.333 e. The Balaban J connectivity index is 1.80. The van der Waals surface area contributed by atoms with Gasteiger partial charge in [-0.1, -0.05) is 56.9 Å². The van der Waals surface area contributed by atoms with Gasteiger partial charge in [-0.05, 0) is 63.4 Å². The lowest BCUT2D eigenvalue weighted by Crippen LogP contribution is -2.35. The maximum atomic E-state index is 12.3. The van der Waals surface area contributed by atoms with Crippen LogP contribution < -0.4 is 4.74 Å². The van der Waals surface area contributed by atoms with Gasteiger partial charge < -0.3 is 14.4 Å². The predicted molar refractivity (Wildman–Crippen MR) is 125 cm³/mol. The molecule has 0 unspecified atom stereocenters. The zero-order chi connectivity index (χ0) is 21.8. The molecular weight excluding hydrogens is 374 g/mol. The van der Waals surface area contributed by atoms with E-state index in [1.54, 1.807) is 0 Å². The summed E-state index contributed by atoms with van der Waals surface area (Å²) < 4.78 is 11.5. The maximum absolute atomic E-state index is 12.3. The molecule has 30 heavy (non-hydrogen) atoms. The van der Waals surface area contributed by atoms with Gasteiger partial charge in [-0.25, -0.2) is 4.79 Å². The standard InChI is InChI=1S/C26H39NO3/c1-5-6-7-8-9-20-29-24-14-12-23(13-15-24)21(2)10-11-22(3)26(28)30-25-16-18-27(4)19-17-25/h10-15,25H,5-9,16-20H2,1-4H3/b21-10+,22-11+. The van der Waals surface area contributed by atoms with Crippen LogP contribution in [-0.4, -0.2) is 43.7 Å². The van der Waals surface area contributed by atoms with Gasteiger partial charge in [0, 0.05) is 18.7 Å². The summed E-state index contributed by atoms with van der Waals surface area (Å²) in [6.45, 7) is 8.84. The average molecular weight is 414 g/mol. The van der Waals surface area contributed by atoms with Gasteiger partial charge in [-0.15, -0.1) is 0 Å². The molecule has 1 aromatic carbocycles. The molecule has 0 amide bonds. The molecule has 0 aromatic heterocycles. The van der Waals surface area contributed by atoms with Crippen LogP contribution in [0.5, 0.6) is 5.75 Å². The molecular formula is C26H39NO3. The van der Waals surface area contributed by atoms with Crippen molar-refractivity contribution in [2.45, 2.75) is 71.8 Å². The number of rotatable bonds is 11.